The molecule has 160 valence electrons. The molecule has 1 aromatic heterocycles. The third kappa shape index (κ3) is 4.90. The highest BCUT2D eigenvalue weighted by Gasteiger charge is 2.16. The largest absolute Gasteiger partial charge is 0.494 e. The fourth-order valence-corrected chi connectivity index (χ4v) is 4.54. The molecule has 6 heteroatoms. The Bertz CT molecular complexity index is 1180. The highest BCUT2D eigenvalue weighted by atomic mass is 35.5. The van der Waals surface area contributed by atoms with Crippen LogP contribution in [0.1, 0.15) is 31.9 Å². The smallest absolute Gasteiger partial charge is 0.174 e. The number of rotatable bonds is 7. The third-order valence-corrected chi connectivity index (χ3v) is 6.26. The van der Waals surface area contributed by atoms with Crippen LogP contribution < -0.4 is 4.74 Å². The van der Waals surface area contributed by atoms with E-state index >= 15 is 0 Å². The molecule has 0 fully saturated rings. The first kappa shape index (κ1) is 21.8. The fraction of sp³-hybridized carbons (Fsp3) is 0.240. The van der Waals surface area contributed by atoms with Crippen LogP contribution in [-0.2, 0) is 11.4 Å². The molecular formula is C25H25ClN2O2S. The monoisotopic (exact) mass is 452 g/mol. The van der Waals surface area contributed by atoms with E-state index in [9.17, 15) is 5.11 Å². The van der Waals surface area contributed by atoms with Crippen LogP contribution in [0.15, 0.2) is 71.9 Å². The minimum Gasteiger partial charge on any atom is -0.494 e. The third-order valence-electron chi connectivity index (χ3n) is 5.02. The zero-order valence-corrected chi connectivity index (χ0v) is 19.4. The number of fused-ring (bicyclic) bond motifs is 1. The maximum absolute atomic E-state index is 10.2. The van der Waals surface area contributed by atoms with Crippen LogP contribution in [-0.4, -0.2) is 21.3 Å². The molecule has 0 bridgehead atoms. The minimum atomic E-state index is -0.841. The predicted molar refractivity (Wildman–Crippen MR) is 128 cm³/mol. The number of aliphatic hydroxyl groups is 1. The minimum absolute atomic E-state index is 0.635. The van der Waals surface area contributed by atoms with Crippen molar-refractivity contribution in [2.24, 2.45) is 0 Å². The fourth-order valence-electron chi connectivity index (χ4n) is 3.39. The summed E-state index contributed by atoms with van der Waals surface area (Å²) >= 11 is 7.96. The lowest BCUT2D eigenvalue weighted by Gasteiger charge is -2.17. The molecule has 0 aliphatic rings. The number of imidazole rings is 1. The Morgan fingerprint density at radius 3 is 2.39 bits per heavy atom. The van der Waals surface area contributed by atoms with Crippen molar-refractivity contribution < 1.29 is 9.84 Å². The van der Waals surface area contributed by atoms with Gasteiger partial charge in [-0.05, 0) is 74.4 Å². The van der Waals surface area contributed by atoms with Gasteiger partial charge in [0.25, 0.3) is 0 Å². The van der Waals surface area contributed by atoms with E-state index in [1.807, 2.05) is 61.5 Å². The van der Waals surface area contributed by atoms with Gasteiger partial charge >= 0.3 is 0 Å². The highest BCUT2D eigenvalue weighted by Crippen LogP contribution is 2.32. The number of nitrogens with zero attached hydrogens (tertiary/aromatic N) is 2. The first-order chi connectivity index (χ1) is 14.8. The maximum Gasteiger partial charge on any atom is 0.174 e. The van der Waals surface area contributed by atoms with Gasteiger partial charge in [0.15, 0.2) is 5.16 Å². The molecule has 0 saturated carbocycles. The lowest BCUT2D eigenvalue weighted by Crippen LogP contribution is -2.15. The van der Waals surface area contributed by atoms with Gasteiger partial charge in [0, 0.05) is 16.5 Å². The first-order valence-corrected chi connectivity index (χ1v) is 11.6. The average molecular weight is 453 g/mol. The zero-order valence-electron chi connectivity index (χ0n) is 17.8. The number of ether oxygens (including phenoxy) is 1. The number of hydrogen-bond donors (Lipinski definition) is 1. The van der Waals surface area contributed by atoms with Gasteiger partial charge in [-0.15, -0.1) is 0 Å². The van der Waals surface area contributed by atoms with E-state index in [2.05, 4.69) is 16.7 Å². The van der Waals surface area contributed by atoms with Crippen LogP contribution in [0, 0.1) is 0 Å². The Labute approximate surface area is 191 Å². The molecule has 0 aliphatic heterocycles. The normalized spacial score (nSPS) is 11.8. The van der Waals surface area contributed by atoms with Crippen molar-refractivity contribution in [2.45, 2.75) is 37.3 Å². The Morgan fingerprint density at radius 2 is 1.74 bits per heavy atom. The average Bonchev–Trinajstić information content (AvgIpc) is 3.10. The summed E-state index contributed by atoms with van der Waals surface area (Å²) < 4.78 is 7.72. The summed E-state index contributed by atoms with van der Waals surface area (Å²) in [4.78, 5) is 4.86. The lowest BCUT2D eigenvalue weighted by molar-refractivity contribution is 0.0786. The Kier molecular flexibility index (Phi) is 6.28. The molecular weight excluding hydrogens is 428 g/mol. The van der Waals surface area contributed by atoms with Crippen molar-refractivity contribution in [1.29, 1.82) is 0 Å². The maximum atomic E-state index is 10.2. The number of benzene rings is 3. The van der Waals surface area contributed by atoms with E-state index in [1.165, 1.54) is 5.56 Å². The van der Waals surface area contributed by atoms with E-state index in [0.717, 1.165) is 38.9 Å². The van der Waals surface area contributed by atoms with Crippen LogP contribution in [0.25, 0.3) is 16.7 Å². The molecule has 1 N–H and O–H groups in total. The van der Waals surface area contributed by atoms with E-state index in [1.54, 1.807) is 25.6 Å². The summed E-state index contributed by atoms with van der Waals surface area (Å²) in [6.07, 6.45) is 0. The van der Waals surface area contributed by atoms with Crippen LogP contribution in [0.2, 0.25) is 5.02 Å². The molecule has 4 aromatic rings. The van der Waals surface area contributed by atoms with Crippen LogP contribution in [0.5, 0.6) is 5.75 Å². The highest BCUT2D eigenvalue weighted by molar-refractivity contribution is 7.98. The molecule has 0 atom stereocenters. The van der Waals surface area contributed by atoms with Crippen molar-refractivity contribution in [3.8, 4) is 11.4 Å². The number of hydrogen-bond acceptors (Lipinski definition) is 4. The molecule has 1 heterocycles. The summed E-state index contributed by atoms with van der Waals surface area (Å²) in [6, 6.07) is 21.8. The van der Waals surface area contributed by atoms with Crippen molar-refractivity contribution in [2.75, 3.05) is 6.61 Å². The molecule has 4 nitrogen and oxygen atoms in total. The van der Waals surface area contributed by atoms with Gasteiger partial charge in [0.2, 0.25) is 0 Å². The molecule has 0 unspecified atom stereocenters. The SMILES string of the molecule is CCOc1ccc(-n2c(SCc3ccc(C(C)(C)O)cc3)nc3ccc(Cl)cc32)cc1. The molecule has 4 rings (SSSR count). The Hall–Kier alpha value is -2.47. The van der Waals surface area contributed by atoms with Crippen LogP contribution in [0.3, 0.4) is 0 Å². The second kappa shape index (κ2) is 8.95. The van der Waals surface area contributed by atoms with E-state index in [0.29, 0.717) is 11.6 Å². The molecule has 3 aromatic carbocycles. The van der Waals surface area contributed by atoms with Gasteiger partial charge in [-0.3, -0.25) is 4.57 Å². The summed E-state index contributed by atoms with van der Waals surface area (Å²) in [5.41, 5.74) is 4.11. The second-order valence-corrected chi connectivity index (χ2v) is 9.21. The summed E-state index contributed by atoms with van der Waals surface area (Å²) in [5.74, 6) is 1.61. The molecule has 0 radical (unpaired) electrons. The van der Waals surface area contributed by atoms with Gasteiger partial charge in [0.1, 0.15) is 5.75 Å². The zero-order chi connectivity index (χ0) is 22.0. The van der Waals surface area contributed by atoms with Crippen LogP contribution in [0.4, 0.5) is 0 Å². The summed E-state index contributed by atoms with van der Waals surface area (Å²) in [5, 5.41) is 11.7. The number of aromatic nitrogens is 2. The van der Waals surface area contributed by atoms with E-state index < -0.39 is 5.60 Å². The quantitative estimate of drug-likeness (QED) is 0.321. The van der Waals surface area contributed by atoms with Gasteiger partial charge in [-0.1, -0.05) is 47.6 Å². The molecule has 0 aliphatic carbocycles. The molecule has 0 spiro atoms. The van der Waals surface area contributed by atoms with Crippen molar-refractivity contribution in [3.63, 3.8) is 0 Å². The van der Waals surface area contributed by atoms with Crippen LogP contribution >= 0.6 is 23.4 Å². The molecule has 0 amide bonds. The number of thioether (sulfide) groups is 1. The van der Waals surface area contributed by atoms with Gasteiger partial charge < -0.3 is 9.84 Å². The Morgan fingerprint density at radius 1 is 1.03 bits per heavy atom. The van der Waals surface area contributed by atoms with E-state index in [-0.39, 0.29) is 0 Å². The summed E-state index contributed by atoms with van der Waals surface area (Å²) in [6.45, 7) is 6.20. The number of halogens is 1. The van der Waals surface area contributed by atoms with Crippen molar-refractivity contribution in [1.82, 2.24) is 9.55 Å². The van der Waals surface area contributed by atoms with Crippen molar-refractivity contribution >= 4 is 34.4 Å². The topological polar surface area (TPSA) is 47.3 Å². The van der Waals surface area contributed by atoms with Gasteiger partial charge in [0.05, 0.1) is 23.2 Å². The Balaban J connectivity index is 1.66. The molecule has 0 saturated heterocycles. The standard InChI is InChI=1S/C25H25ClN2O2S/c1-4-30-21-12-10-20(11-13-21)28-23-15-19(26)9-14-22(23)27-24(28)31-16-17-5-7-18(8-6-17)25(2,3)29/h5-15,29H,4,16H2,1-3H3. The van der Waals surface area contributed by atoms with E-state index in [4.69, 9.17) is 21.3 Å². The lowest BCUT2D eigenvalue weighted by atomic mass is 9.98. The first-order valence-electron chi connectivity index (χ1n) is 10.2. The van der Waals surface area contributed by atoms with Crippen molar-refractivity contribution in [3.05, 3.63) is 82.9 Å². The molecule has 31 heavy (non-hydrogen) atoms. The van der Waals surface area contributed by atoms with Gasteiger partial charge in [-0.2, -0.15) is 0 Å². The van der Waals surface area contributed by atoms with Gasteiger partial charge in [-0.25, -0.2) is 4.98 Å². The summed E-state index contributed by atoms with van der Waals surface area (Å²) in [7, 11) is 0. The second-order valence-electron chi connectivity index (χ2n) is 7.83. The predicted octanol–water partition coefficient (Wildman–Crippen LogP) is 6.60.